The first-order valence-corrected chi connectivity index (χ1v) is 4.58. The van der Waals surface area contributed by atoms with Crippen LogP contribution in [0, 0.1) is 3.70 Å². The molecule has 1 aromatic heterocycles. The van der Waals surface area contributed by atoms with Gasteiger partial charge in [-0.25, -0.2) is 0 Å². The van der Waals surface area contributed by atoms with Crippen LogP contribution in [0.25, 0.3) is 0 Å². The Kier molecular flexibility index (Phi) is 3.96. The maximum atomic E-state index is 5.03. The molecule has 1 rings (SSSR count). The van der Waals surface area contributed by atoms with E-state index in [1.165, 1.54) is 0 Å². The second kappa shape index (κ2) is 4.78. The van der Waals surface area contributed by atoms with Crippen molar-refractivity contribution >= 4 is 22.6 Å². The van der Waals surface area contributed by atoms with Crippen molar-refractivity contribution in [2.75, 3.05) is 14.2 Å². The Morgan fingerprint density at radius 2 is 2.25 bits per heavy atom. The molecule has 0 bridgehead atoms. The van der Waals surface area contributed by atoms with Crippen LogP contribution < -0.4 is 0 Å². The van der Waals surface area contributed by atoms with Crippen molar-refractivity contribution in [3.05, 3.63) is 16.0 Å². The molecular weight excluding hydrogens is 271 g/mol. The normalized spacial score (nSPS) is 11.0. The third kappa shape index (κ3) is 2.72. The molecule has 4 nitrogen and oxygen atoms in total. The molecule has 1 heterocycles. The average Bonchev–Trinajstić information content (AvgIpc) is 2.47. The maximum absolute atomic E-state index is 5.03. The Bertz CT molecular complexity index is 235. The molecule has 0 aliphatic rings. The standard InChI is InChI=1S/C7H11IN2O2/c1-11-7(12-2)5-10-4-3-6(8)9-10/h3-4,7H,5H2,1-2H3. The summed E-state index contributed by atoms with van der Waals surface area (Å²) in [5.41, 5.74) is 0. The zero-order valence-corrected chi connectivity index (χ0v) is 9.19. The largest absolute Gasteiger partial charge is 0.354 e. The summed E-state index contributed by atoms with van der Waals surface area (Å²) < 4.78 is 12.8. The Balaban J connectivity index is 2.50. The summed E-state index contributed by atoms with van der Waals surface area (Å²) >= 11 is 2.16. The molecule has 68 valence electrons. The molecule has 0 spiro atoms. The number of halogens is 1. The molecule has 0 atom stereocenters. The van der Waals surface area contributed by atoms with Crippen LogP contribution in [-0.4, -0.2) is 30.3 Å². The summed E-state index contributed by atoms with van der Waals surface area (Å²) in [4.78, 5) is 0. The van der Waals surface area contributed by atoms with Crippen LogP contribution in [0.4, 0.5) is 0 Å². The molecule has 0 radical (unpaired) electrons. The van der Waals surface area contributed by atoms with Crippen molar-refractivity contribution in [3.8, 4) is 0 Å². The topological polar surface area (TPSA) is 36.3 Å². The van der Waals surface area contributed by atoms with Crippen LogP contribution in [0.3, 0.4) is 0 Å². The second-order valence-electron chi connectivity index (χ2n) is 2.26. The van der Waals surface area contributed by atoms with Gasteiger partial charge in [-0.05, 0) is 28.7 Å². The molecule has 0 amide bonds. The zero-order valence-electron chi connectivity index (χ0n) is 7.03. The first kappa shape index (κ1) is 9.94. The van der Waals surface area contributed by atoms with Gasteiger partial charge in [0.1, 0.15) is 3.70 Å². The van der Waals surface area contributed by atoms with Crippen molar-refractivity contribution in [3.63, 3.8) is 0 Å². The Morgan fingerprint density at radius 1 is 1.58 bits per heavy atom. The van der Waals surface area contributed by atoms with Gasteiger partial charge >= 0.3 is 0 Å². The predicted molar refractivity (Wildman–Crippen MR) is 52.8 cm³/mol. The summed E-state index contributed by atoms with van der Waals surface area (Å²) in [5.74, 6) is 0. The number of methoxy groups -OCH3 is 2. The molecule has 0 unspecified atom stereocenters. The van der Waals surface area contributed by atoms with Crippen molar-refractivity contribution < 1.29 is 9.47 Å². The van der Waals surface area contributed by atoms with E-state index in [1.807, 2.05) is 12.3 Å². The second-order valence-corrected chi connectivity index (χ2v) is 3.37. The van der Waals surface area contributed by atoms with Crippen LogP contribution in [0.15, 0.2) is 12.3 Å². The number of rotatable bonds is 4. The van der Waals surface area contributed by atoms with Crippen molar-refractivity contribution in [1.82, 2.24) is 9.78 Å². The van der Waals surface area contributed by atoms with E-state index in [-0.39, 0.29) is 6.29 Å². The molecule has 0 aromatic carbocycles. The van der Waals surface area contributed by atoms with Crippen LogP contribution in [0.1, 0.15) is 0 Å². The average molecular weight is 282 g/mol. The number of hydrogen-bond acceptors (Lipinski definition) is 3. The number of hydrogen-bond donors (Lipinski definition) is 0. The minimum atomic E-state index is -0.222. The highest BCUT2D eigenvalue weighted by atomic mass is 127. The highest BCUT2D eigenvalue weighted by Gasteiger charge is 2.06. The third-order valence-electron chi connectivity index (χ3n) is 1.47. The number of aromatic nitrogens is 2. The van der Waals surface area contributed by atoms with E-state index < -0.39 is 0 Å². The quantitative estimate of drug-likeness (QED) is 0.613. The molecular formula is C7H11IN2O2. The van der Waals surface area contributed by atoms with Gasteiger partial charge < -0.3 is 9.47 Å². The fourth-order valence-electron chi connectivity index (χ4n) is 0.837. The molecule has 0 N–H and O–H groups in total. The lowest BCUT2D eigenvalue weighted by molar-refractivity contribution is -0.112. The molecule has 12 heavy (non-hydrogen) atoms. The fraction of sp³-hybridized carbons (Fsp3) is 0.571. The fourth-order valence-corrected chi connectivity index (χ4v) is 1.27. The maximum Gasteiger partial charge on any atom is 0.176 e. The van der Waals surface area contributed by atoms with Crippen molar-refractivity contribution in [1.29, 1.82) is 0 Å². The van der Waals surface area contributed by atoms with Gasteiger partial charge in [-0.3, -0.25) is 4.68 Å². The Labute approximate surface area is 85.0 Å². The number of nitrogens with zero attached hydrogens (tertiary/aromatic N) is 2. The van der Waals surface area contributed by atoms with Gasteiger partial charge in [0, 0.05) is 20.4 Å². The lowest BCUT2D eigenvalue weighted by atomic mass is 10.6. The van der Waals surface area contributed by atoms with Crippen LogP contribution >= 0.6 is 22.6 Å². The van der Waals surface area contributed by atoms with E-state index in [0.29, 0.717) is 6.54 Å². The third-order valence-corrected chi connectivity index (χ3v) is 2.05. The monoisotopic (exact) mass is 282 g/mol. The van der Waals surface area contributed by atoms with Gasteiger partial charge in [0.05, 0.1) is 6.54 Å². The van der Waals surface area contributed by atoms with Crippen molar-refractivity contribution in [2.24, 2.45) is 0 Å². The molecule has 5 heteroatoms. The molecule has 0 saturated carbocycles. The van der Waals surface area contributed by atoms with E-state index in [1.54, 1.807) is 18.9 Å². The van der Waals surface area contributed by atoms with E-state index in [2.05, 4.69) is 27.7 Å². The summed E-state index contributed by atoms with van der Waals surface area (Å²) in [7, 11) is 3.23. The van der Waals surface area contributed by atoms with E-state index in [4.69, 9.17) is 9.47 Å². The van der Waals surface area contributed by atoms with Gasteiger partial charge in [0.2, 0.25) is 0 Å². The van der Waals surface area contributed by atoms with E-state index in [0.717, 1.165) is 3.70 Å². The van der Waals surface area contributed by atoms with E-state index >= 15 is 0 Å². The first-order valence-electron chi connectivity index (χ1n) is 3.51. The summed E-state index contributed by atoms with van der Waals surface area (Å²) in [5, 5.41) is 4.19. The molecule has 0 aliphatic carbocycles. The Hall–Kier alpha value is -0.140. The van der Waals surface area contributed by atoms with E-state index in [9.17, 15) is 0 Å². The SMILES string of the molecule is COC(Cn1ccc(I)n1)OC. The summed E-state index contributed by atoms with van der Waals surface area (Å²) in [6.07, 6.45) is 1.67. The lowest BCUT2D eigenvalue weighted by Crippen LogP contribution is -2.20. The number of ether oxygens (including phenoxy) is 2. The van der Waals surface area contributed by atoms with Gasteiger partial charge in [0.15, 0.2) is 6.29 Å². The van der Waals surface area contributed by atoms with Gasteiger partial charge in [-0.15, -0.1) is 0 Å². The molecule has 0 fully saturated rings. The zero-order chi connectivity index (χ0) is 8.97. The minimum absolute atomic E-state index is 0.222. The molecule has 0 aliphatic heterocycles. The first-order chi connectivity index (χ1) is 5.76. The Morgan fingerprint density at radius 3 is 2.67 bits per heavy atom. The van der Waals surface area contributed by atoms with Gasteiger partial charge in [0.25, 0.3) is 0 Å². The predicted octanol–water partition coefficient (Wildman–Crippen LogP) is 1.11. The minimum Gasteiger partial charge on any atom is -0.354 e. The molecule has 0 saturated heterocycles. The summed E-state index contributed by atoms with van der Waals surface area (Å²) in [6.45, 7) is 0.621. The van der Waals surface area contributed by atoms with Crippen LogP contribution in [-0.2, 0) is 16.0 Å². The highest BCUT2D eigenvalue weighted by molar-refractivity contribution is 14.1. The van der Waals surface area contributed by atoms with Gasteiger partial charge in [-0.1, -0.05) is 0 Å². The highest BCUT2D eigenvalue weighted by Crippen LogP contribution is 2.01. The van der Waals surface area contributed by atoms with Gasteiger partial charge in [-0.2, -0.15) is 5.10 Å². The van der Waals surface area contributed by atoms with Crippen molar-refractivity contribution in [2.45, 2.75) is 12.8 Å². The smallest absolute Gasteiger partial charge is 0.176 e. The van der Waals surface area contributed by atoms with Crippen LogP contribution in [0.2, 0.25) is 0 Å². The lowest BCUT2D eigenvalue weighted by Gasteiger charge is -2.12. The summed E-state index contributed by atoms with van der Waals surface area (Å²) in [6, 6.07) is 1.93. The molecule has 1 aromatic rings. The van der Waals surface area contributed by atoms with Crippen LogP contribution in [0.5, 0.6) is 0 Å².